The summed E-state index contributed by atoms with van der Waals surface area (Å²) >= 11 is 0. The molecule has 3 heteroatoms. The summed E-state index contributed by atoms with van der Waals surface area (Å²) in [4.78, 5) is 0. The van der Waals surface area contributed by atoms with Crippen LogP contribution in [-0.2, 0) is 0 Å². The second-order valence-corrected chi connectivity index (χ2v) is 2.41. The molecule has 0 heterocycles. The molecule has 0 rings (SSSR count). The summed E-state index contributed by atoms with van der Waals surface area (Å²) in [5.41, 5.74) is 0. The molecule has 0 aromatic rings. The highest BCUT2D eigenvalue weighted by Crippen LogP contribution is 1.99. The maximum Gasteiger partial charge on any atom is 0.0796 e. The van der Waals surface area contributed by atoms with Crippen molar-refractivity contribution in [3.63, 3.8) is 0 Å². The molecule has 0 amide bonds. The van der Waals surface area contributed by atoms with Crippen molar-refractivity contribution in [3.05, 3.63) is 0 Å². The number of hydrogen-bond acceptors (Lipinski definition) is 3. The van der Waals surface area contributed by atoms with Crippen LogP contribution in [0.4, 0.5) is 0 Å². The first-order valence-electron chi connectivity index (χ1n) is 4.07. The summed E-state index contributed by atoms with van der Waals surface area (Å²) in [5.74, 6) is 0. The van der Waals surface area contributed by atoms with Gasteiger partial charge in [0.05, 0.1) is 12.2 Å². The van der Waals surface area contributed by atoms with Gasteiger partial charge in [0.1, 0.15) is 0 Å². The van der Waals surface area contributed by atoms with Gasteiger partial charge in [0.15, 0.2) is 0 Å². The maximum absolute atomic E-state index is 8.88. The third-order valence-corrected chi connectivity index (χ3v) is 1.14. The highest BCUT2D eigenvalue weighted by molar-refractivity contribution is 4.59. The standard InChI is InChI=1S/C6H14O2.C2H6O/c1-3-4-6(8)5(2)7;1-2-3/h5-8H,3-4H2,1-2H3;3H,2H2,1H3. The lowest BCUT2D eigenvalue weighted by Crippen LogP contribution is -2.21. The topological polar surface area (TPSA) is 60.7 Å². The first-order valence-corrected chi connectivity index (χ1v) is 4.07. The minimum Gasteiger partial charge on any atom is -0.397 e. The number of aliphatic hydroxyl groups excluding tert-OH is 3. The Morgan fingerprint density at radius 3 is 1.64 bits per heavy atom. The zero-order chi connectivity index (χ0) is 9.28. The van der Waals surface area contributed by atoms with Crippen molar-refractivity contribution in [3.8, 4) is 0 Å². The van der Waals surface area contributed by atoms with Gasteiger partial charge in [-0.1, -0.05) is 13.3 Å². The maximum atomic E-state index is 8.88. The number of aliphatic hydroxyl groups is 3. The van der Waals surface area contributed by atoms with Gasteiger partial charge in [-0.05, 0) is 20.3 Å². The average Bonchev–Trinajstić information content (AvgIpc) is 1.90. The Morgan fingerprint density at radius 2 is 1.55 bits per heavy atom. The van der Waals surface area contributed by atoms with Crippen LogP contribution in [0, 0.1) is 0 Å². The average molecular weight is 164 g/mol. The van der Waals surface area contributed by atoms with Gasteiger partial charge in [-0.15, -0.1) is 0 Å². The minimum absolute atomic E-state index is 0.250. The molecule has 0 aliphatic heterocycles. The molecule has 3 N–H and O–H groups in total. The first kappa shape index (κ1) is 13.5. The molecule has 0 bridgehead atoms. The predicted molar refractivity (Wildman–Crippen MR) is 45.4 cm³/mol. The van der Waals surface area contributed by atoms with E-state index in [4.69, 9.17) is 15.3 Å². The second kappa shape index (κ2) is 9.88. The van der Waals surface area contributed by atoms with E-state index in [1.807, 2.05) is 6.92 Å². The van der Waals surface area contributed by atoms with Crippen LogP contribution >= 0.6 is 0 Å². The van der Waals surface area contributed by atoms with Crippen LogP contribution in [0.2, 0.25) is 0 Å². The second-order valence-electron chi connectivity index (χ2n) is 2.41. The van der Waals surface area contributed by atoms with Gasteiger partial charge < -0.3 is 15.3 Å². The molecule has 0 spiro atoms. The normalized spacial score (nSPS) is 14.7. The van der Waals surface area contributed by atoms with E-state index >= 15 is 0 Å². The third-order valence-electron chi connectivity index (χ3n) is 1.14. The van der Waals surface area contributed by atoms with E-state index in [1.165, 1.54) is 0 Å². The highest BCUT2D eigenvalue weighted by Gasteiger charge is 2.07. The van der Waals surface area contributed by atoms with Crippen molar-refractivity contribution in [1.29, 1.82) is 0 Å². The molecule has 11 heavy (non-hydrogen) atoms. The van der Waals surface area contributed by atoms with Gasteiger partial charge in [-0.3, -0.25) is 0 Å². The van der Waals surface area contributed by atoms with Crippen molar-refractivity contribution in [2.24, 2.45) is 0 Å². The van der Waals surface area contributed by atoms with E-state index in [0.29, 0.717) is 6.42 Å². The molecule has 0 fully saturated rings. The molecule has 2 atom stereocenters. The Morgan fingerprint density at radius 1 is 1.18 bits per heavy atom. The lowest BCUT2D eigenvalue weighted by Gasteiger charge is -2.10. The summed E-state index contributed by atoms with van der Waals surface area (Å²) < 4.78 is 0. The molecular weight excluding hydrogens is 144 g/mol. The van der Waals surface area contributed by atoms with E-state index in [-0.39, 0.29) is 6.61 Å². The summed E-state index contributed by atoms with van der Waals surface area (Å²) in [6, 6.07) is 0. The van der Waals surface area contributed by atoms with Crippen LogP contribution in [0.1, 0.15) is 33.6 Å². The lowest BCUT2D eigenvalue weighted by molar-refractivity contribution is 0.0259. The molecule has 0 aliphatic rings. The molecule has 70 valence electrons. The van der Waals surface area contributed by atoms with Gasteiger partial charge in [0.2, 0.25) is 0 Å². The van der Waals surface area contributed by atoms with Crippen LogP contribution < -0.4 is 0 Å². The van der Waals surface area contributed by atoms with Crippen LogP contribution in [0.15, 0.2) is 0 Å². The van der Waals surface area contributed by atoms with E-state index in [2.05, 4.69) is 0 Å². The van der Waals surface area contributed by atoms with Gasteiger partial charge in [0.25, 0.3) is 0 Å². The zero-order valence-electron chi connectivity index (χ0n) is 7.62. The molecule has 0 aliphatic carbocycles. The highest BCUT2D eigenvalue weighted by atomic mass is 16.3. The zero-order valence-corrected chi connectivity index (χ0v) is 7.62. The summed E-state index contributed by atoms with van der Waals surface area (Å²) in [6.07, 6.45) is 0.513. The molecule has 2 unspecified atom stereocenters. The fourth-order valence-electron chi connectivity index (χ4n) is 0.537. The minimum atomic E-state index is -0.574. The Kier molecular flexibility index (Phi) is 12.1. The smallest absolute Gasteiger partial charge is 0.0796 e. The Balaban J connectivity index is 0. The SMILES string of the molecule is CCCC(O)C(C)O.CCO. The van der Waals surface area contributed by atoms with Crippen molar-refractivity contribution >= 4 is 0 Å². The molecule has 0 radical (unpaired) electrons. The Hall–Kier alpha value is -0.120. The molecule has 3 nitrogen and oxygen atoms in total. The fraction of sp³-hybridized carbons (Fsp3) is 1.00. The van der Waals surface area contributed by atoms with Gasteiger partial charge >= 0.3 is 0 Å². The third kappa shape index (κ3) is 13.0. The van der Waals surface area contributed by atoms with Gasteiger partial charge in [-0.25, -0.2) is 0 Å². The Bertz CT molecular complexity index is 64.4. The molecular formula is C8H20O3. The van der Waals surface area contributed by atoms with E-state index < -0.39 is 12.2 Å². The quantitative estimate of drug-likeness (QED) is 0.570. The summed E-state index contributed by atoms with van der Waals surface area (Å²) in [6.45, 7) is 5.51. The van der Waals surface area contributed by atoms with Crippen LogP contribution in [0.3, 0.4) is 0 Å². The molecule has 0 aromatic heterocycles. The molecule has 0 saturated carbocycles. The van der Waals surface area contributed by atoms with E-state index in [1.54, 1.807) is 13.8 Å². The summed E-state index contributed by atoms with van der Waals surface area (Å²) in [5, 5.41) is 25.1. The summed E-state index contributed by atoms with van der Waals surface area (Å²) in [7, 11) is 0. The van der Waals surface area contributed by atoms with Crippen molar-refractivity contribution in [2.75, 3.05) is 6.61 Å². The van der Waals surface area contributed by atoms with E-state index in [9.17, 15) is 0 Å². The van der Waals surface area contributed by atoms with Gasteiger partial charge in [-0.2, -0.15) is 0 Å². The molecule has 0 saturated heterocycles. The lowest BCUT2D eigenvalue weighted by atomic mass is 10.1. The van der Waals surface area contributed by atoms with Crippen LogP contribution in [-0.4, -0.2) is 34.1 Å². The van der Waals surface area contributed by atoms with Crippen LogP contribution in [0.5, 0.6) is 0 Å². The first-order chi connectivity index (χ1) is 5.09. The number of hydrogen-bond donors (Lipinski definition) is 3. The van der Waals surface area contributed by atoms with Crippen molar-refractivity contribution < 1.29 is 15.3 Å². The Labute approximate surface area is 68.7 Å². The molecule has 0 aromatic carbocycles. The van der Waals surface area contributed by atoms with Gasteiger partial charge in [0, 0.05) is 6.61 Å². The largest absolute Gasteiger partial charge is 0.397 e. The van der Waals surface area contributed by atoms with Crippen molar-refractivity contribution in [2.45, 2.75) is 45.8 Å². The fourth-order valence-corrected chi connectivity index (χ4v) is 0.537. The van der Waals surface area contributed by atoms with Crippen molar-refractivity contribution in [1.82, 2.24) is 0 Å². The van der Waals surface area contributed by atoms with E-state index in [0.717, 1.165) is 6.42 Å². The monoisotopic (exact) mass is 164 g/mol. The number of rotatable bonds is 3. The predicted octanol–water partition coefficient (Wildman–Crippen LogP) is 0.527. The van der Waals surface area contributed by atoms with Crippen LogP contribution in [0.25, 0.3) is 0 Å².